The third-order valence-corrected chi connectivity index (χ3v) is 3.88. The molecule has 0 saturated carbocycles. The monoisotopic (exact) mass is 252 g/mol. The van der Waals surface area contributed by atoms with E-state index in [2.05, 4.69) is 9.71 Å². The second kappa shape index (κ2) is 4.31. The van der Waals surface area contributed by atoms with E-state index in [0.717, 1.165) is 0 Å². The molecule has 0 aliphatic heterocycles. The first kappa shape index (κ1) is 11.8. The summed E-state index contributed by atoms with van der Waals surface area (Å²) in [6.45, 7) is 2.06. The Morgan fingerprint density at radius 2 is 2.00 bits per heavy atom. The molecule has 0 unspecified atom stereocenters. The van der Waals surface area contributed by atoms with Crippen molar-refractivity contribution < 1.29 is 8.42 Å². The number of aromatic amines is 1. The van der Waals surface area contributed by atoms with Gasteiger partial charge >= 0.3 is 0 Å². The van der Waals surface area contributed by atoms with Crippen molar-refractivity contribution in [1.82, 2.24) is 9.71 Å². The fourth-order valence-corrected chi connectivity index (χ4v) is 2.65. The largest absolute Gasteiger partial charge is 0.322 e. The number of nitrogens with one attached hydrogen (secondary N) is 2. The lowest BCUT2D eigenvalue weighted by atomic mass is 10.2. The Balaban J connectivity index is 2.60. The molecule has 0 fully saturated rings. The number of fused-ring (bicyclic) bond motifs is 1. The lowest BCUT2D eigenvalue weighted by Crippen LogP contribution is -2.23. The average Bonchev–Trinajstić information content (AvgIpc) is 2.28. The molecule has 0 amide bonds. The van der Waals surface area contributed by atoms with Crippen LogP contribution in [0, 0.1) is 0 Å². The van der Waals surface area contributed by atoms with E-state index in [1.807, 2.05) is 0 Å². The van der Waals surface area contributed by atoms with Gasteiger partial charge in [-0.05, 0) is 29.7 Å². The van der Waals surface area contributed by atoms with E-state index >= 15 is 0 Å². The molecule has 1 aromatic carbocycles. The van der Waals surface area contributed by atoms with Gasteiger partial charge in [0.15, 0.2) is 0 Å². The van der Waals surface area contributed by atoms with Crippen molar-refractivity contribution in [3.63, 3.8) is 0 Å². The summed E-state index contributed by atoms with van der Waals surface area (Å²) < 4.78 is 25.9. The van der Waals surface area contributed by atoms with E-state index in [9.17, 15) is 13.2 Å². The molecule has 1 heterocycles. The summed E-state index contributed by atoms with van der Waals surface area (Å²) in [5.41, 5.74) is 0.410. The predicted molar refractivity (Wildman–Crippen MR) is 65.4 cm³/mol. The fourth-order valence-electron chi connectivity index (χ4n) is 1.57. The Morgan fingerprint density at radius 1 is 1.24 bits per heavy atom. The van der Waals surface area contributed by atoms with Gasteiger partial charge in [-0.1, -0.05) is 6.92 Å². The van der Waals surface area contributed by atoms with Crippen LogP contribution < -0.4 is 10.3 Å². The molecule has 0 radical (unpaired) electrons. The second-order valence-electron chi connectivity index (χ2n) is 3.57. The highest BCUT2D eigenvalue weighted by Crippen LogP contribution is 2.15. The van der Waals surface area contributed by atoms with E-state index in [4.69, 9.17) is 0 Å². The fraction of sp³-hybridized carbons (Fsp3) is 0.182. The first-order valence-electron chi connectivity index (χ1n) is 5.16. The van der Waals surface area contributed by atoms with Crippen LogP contribution in [0.15, 0.2) is 40.0 Å². The molecular weight excluding hydrogens is 240 g/mol. The van der Waals surface area contributed by atoms with Crippen molar-refractivity contribution in [2.24, 2.45) is 0 Å². The number of pyridine rings is 1. The number of benzene rings is 1. The Morgan fingerprint density at radius 3 is 2.71 bits per heavy atom. The van der Waals surface area contributed by atoms with E-state index in [1.165, 1.54) is 18.2 Å². The molecule has 0 aliphatic rings. The van der Waals surface area contributed by atoms with Gasteiger partial charge in [0.05, 0.1) is 4.90 Å². The van der Waals surface area contributed by atoms with Crippen LogP contribution in [0.25, 0.3) is 10.9 Å². The van der Waals surface area contributed by atoms with Gasteiger partial charge in [0, 0.05) is 18.1 Å². The summed E-state index contributed by atoms with van der Waals surface area (Å²) in [6.07, 6.45) is 0. The first-order valence-corrected chi connectivity index (χ1v) is 6.64. The van der Waals surface area contributed by atoms with Crippen molar-refractivity contribution in [2.45, 2.75) is 11.8 Å². The van der Waals surface area contributed by atoms with Crippen molar-refractivity contribution in [3.8, 4) is 0 Å². The van der Waals surface area contributed by atoms with E-state index in [0.29, 0.717) is 17.4 Å². The summed E-state index contributed by atoms with van der Waals surface area (Å²) in [7, 11) is -3.45. The van der Waals surface area contributed by atoms with E-state index in [1.54, 1.807) is 19.1 Å². The lowest BCUT2D eigenvalue weighted by molar-refractivity contribution is 0.584. The minimum Gasteiger partial charge on any atom is -0.322 e. The molecule has 0 saturated heterocycles. The van der Waals surface area contributed by atoms with Gasteiger partial charge < -0.3 is 4.98 Å². The summed E-state index contributed by atoms with van der Waals surface area (Å²) in [4.78, 5) is 13.9. The number of hydrogen-bond acceptors (Lipinski definition) is 3. The molecule has 0 spiro atoms. The zero-order chi connectivity index (χ0) is 12.5. The van der Waals surface area contributed by atoms with Gasteiger partial charge in [-0.3, -0.25) is 4.79 Å². The Kier molecular flexibility index (Phi) is 2.99. The van der Waals surface area contributed by atoms with Gasteiger partial charge in [0.25, 0.3) is 0 Å². The molecule has 2 rings (SSSR count). The van der Waals surface area contributed by atoms with Gasteiger partial charge in [-0.15, -0.1) is 0 Å². The topological polar surface area (TPSA) is 79.0 Å². The van der Waals surface area contributed by atoms with Crippen molar-refractivity contribution in [1.29, 1.82) is 0 Å². The summed E-state index contributed by atoms with van der Waals surface area (Å²) in [6, 6.07) is 7.55. The quantitative estimate of drug-likeness (QED) is 0.849. The van der Waals surface area contributed by atoms with Crippen LogP contribution in [0.4, 0.5) is 0 Å². The highest BCUT2D eigenvalue weighted by Gasteiger charge is 2.12. The molecule has 1 aromatic heterocycles. The summed E-state index contributed by atoms with van der Waals surface area (Å²) in [5.74, 6) is 0. The first-order chi connectivity index (χ1) is 8.03. The third kappa shape index (κ3) is 2.37. The number of hydrogen-bond donors (Lipinski definition) is 2. The normalized spacial score (nSPS) is 11.8. The Bertz CT molecular complexity index is 704. The maximum atomic E-state index is 11.8. The van der Waals surface area contributed by atoms with Crippen LogP contribution in [0.3, 0.4) is 0 Å². The molecule has 0 aliphatic carbocycles. The van der Waals surface area contributed by atoms with Gasteiger partial charge in [0.2, 0.25) is 15.6 Å². The maximum absolute atomic E-state index is 11.8. The van der Waals surface area contributed by atoms with E-state index < -0.39 is 10.0 Å². The molecular formula is C11H12N2O3S. The molecule has 0 bridgehead atoms. The van der Waals surface area contributed by atoms with E-state index in [-0.39, 0.29) is 10.5 Å². The summed E-state index contributed by atoms with van der Waals surface area (Å²) in [5, 5.41) is 0.684. The summed E-state index contributed by atoms with van der Waals surface area (Å²) >= 11 is 0. The predicted octanol–water partition coefficient (Wildman–Crippen LogP) is 0.826. The second-order valence-corrected chi connectivity index (χ2v) is 5.34. The highest BCUT2D eigenvalue weighted by molar-refractivity contribution is 7.89. The van der Waals surface area contributed by atoms with Crippen molar-refractivity contribution in [3.05, 3.63) is 40.7 Å². The Labute approximate surface area is 98.5 Å². The molecule has 0 atom stereocenters. The van der Waals surface area contributed by atoms with Gasteiger partial charge in [-0.2, -0.15) is 0 Å². The molecule has 5 nitrogen and oxygen atoms in total. The minimum atomic E-state index is -3.45. The van der Waals surface area contributed by atoms with Gasteiger partial charge in [0.1, 0.15) is 0 Å². The Hall–Kier alpha value is -1.66. The van der Waals surface area contributed by atoms with Crippen LogP contribution in [-0.4, -0.2) is 19.9 Å². The number of rotatable bonds is 3. The average molecular weight is 252 g/mol. The number of sulfonamides is 1. The third-order valence-electron chi connectivity index (χ3n) is 2.34. The number of aromatic nitrogens is 1. The van der Waals surface area contributed by atoms with Crippen molar-refractivity contribution in [2.75, 3.05) is 6.54 Å². The van der Waals surface area contributed by atoms with Crippen LogP contribution >= 0.6 is 0 Å². The molecule has 2 aromatic rings. The highest BCUT2D eigenvalue weighted by atomic mass is 32.2. The molecule has 17 heavy (non-hydrogen) atoms. The minimum absolute atomic E-state index is 0.193. The standard InChI is InChI=1S/C11H12N2O3S/c1-2-12-17(15,16)9-4-5-10-8(7-9)3-6-11(14)13-10/h3-7,12H,2H2,1H3,(H,13,14). The molecule has 90 valence electrons. The van der Waals surface area contributed by atoms with Crippen LogP contribution in [0.2, 0.25) is 0 Å². The zero-order valence-corrected chi connectivity index (χ0v) is 10.0. The molecule has 6 heteroatoms. The number of H-pyrrole nitrogens is 1. The zero-order valence-electron chi connectivity index (χ0n) is 9.23. The van der Waals surface area contributed by atoms with Crippen molar-refractivity contribution >= 4 is 20.9 Å². The molecule has 2 N–H and O–H groups in total. The van der Waals surface area contributed by atoms with Crippen LogP contribution in [0.5, 0.6) is 0 Å². The smallest absolute Gasteiger partial charge is 0.248 e. The maximum Gasteiger partial charge on any atom is 0.248 e. The SMILES string of the molecule is CCNS(=O)(=O)c1ccc2[nH]c(=O)ccc2c1. The van der Waals surface area contributed by atoms with Crippen LogP contribution in [0.1, 0.15) is 6.92 Å². The lowest BCUT2D eigenvalue weighted by Gasteiger charge is -2.05. The van der Waals surface area contributed by atoms with Crippen LogP contribution in [-0.2, 0) is 10.0 Å². The van der Waals surface area contributed by atoms with Gasteiger partial charge in [-0.25, -0.2) is 13.1 Å².